The Labute approximate surface area is 255 Å². The van der Waals surface area contributed by atoms with Crippen LogP contribution >= 0.6 is 11.6 Å². The first-order valence-electron chi connectivity index (χ1n) is 14.3. The van der Waals surface area contributed by atoms with Gasteiger partial charge in [-0.1, -0.05) is 41.4 Å². The summed E-state index contributed by atoms with van der Waals surface area (Å²) in [6, 6.07) is 21.3. The Morgan fingerprint density at radius 1 is 1.02 bits per heavy atom. The molecule has 8 nitrogen and oxygen atoms in total. The number of aliphatic hydroxyl groups is 3. The van der Waals surface area contributed by atoms with Crippen LogP contribution in [0.2, 0.25) is 5.02 Å². The predicted molar refractivity (Wildman–Crippen MR) is 167 cm³/mol. The minimum Gasteiger partial charge on any atom is -0.508 e. The van der Waals surface area contributed by atoms with E-state index in [2.05, 4.69) is 5.32 Å². The normalized spacial score (nSPS) is 21.3. The van der Waals surface area contributed by atoms with Gasteiger partial charge in [0, 0.05) is 17.3 Å². The number of nitrogens with one attached hydrogen (secondary N) is 1. The van der Waals surface area contributed by atoms with Crippen molar-refractivity contribution >= 4 is 46.6 Å². The van der Waals surface area contributed by atoms with Gasteiger partial charge in [-0.05, 0) is 97.5 Å². The first-order chi connectivity index (χ1) is 20.7. The number of amides is 2. The number of carbonyl (C=O) groups is 2. The van der Waals surface area contributed by atoms with E-state index in [4.69, 9.17) is 11.6 Å². The molecule has 9 heteroatoms. The smallest absolute Gasteiger partial charge is 0.238 e. The van der Waals surface area contributed by atoms with Gasteiger partial charge in [0.25, 0.3) is 0 Å². The van der Waals surface area contributed by atoms with Crippen molar-refractivity contribution in [1.29, 1.82) is 0 Å². The predicted octanol–water partition coefficient (Wildman–Crippen LogP) is 5.44. The summed E-state index contributed by atoms with van der Waals surface area (Å²) in [7, 11) is 0. The number of allylic oxidation sites excluding steroid dienone is 1. The monoisotopic (exact) mass is 602 g/mol. The number of phenols is 1. The first-order valence-corrected chi connectivity index (χ1v) is 14.7. The molecule has 3 aromatic carbocycles. The van der Waals surface area contributed by atoms with E-state index < -0.39 is 36.4 Å². The van der Waals surface area contributed by atoms with Crippen LogP contribution in [0.5, 0.6) is 5.75 Å². The van der Waals surface area contributed by atoms with Crippen molar-refractivity contribution in [1.82, 2.24) is 0 Å². The quantitative estimate of drug-likeness (QED) is 0.154. The molecule has 1 heterocycles. The summed E-state index contributed by atoms with van der Waals surface area (Å²) in [5.74, 6) is -3.10. The van der Waals surface area contributed by atoms with E-state index in [1.54, 1.807) is 36.4 Å². The van der Waals surface area contributed by atoms with Crippen molar-refractivity contribution < 1.29 is 30.0 Å². The van der Waals surface area contributed by atoms with Gasteiger partial charge in [0.1, 0.15) is 5.75 Å². The lowest BCUT2D eigenvalue weighted by atomic mass is 9.68. The largest absolute Gasteiger partial charge is 0.508 e. The lowest BCUT2D eigenvalue weighted by Gasteiger charge is -2.36. The van der Waals surface area contributed by atoms with Crippen LogP contribution in [0.1, 0.15) is 31.7 Å². The number of carbonyl (C=O) groups excluding carboxylic acids is 2. The fourth-order valence-corrected chi connectivity index (χ4v) is 6.46. The van der Waals surface area contributed by atoms with Gasteiger partial charge in [0.2, 0.25) is 11.8 Å². The highest BCUT2D eigenvalue weighted by molar-refractivity contribution is 6.32. The van der Waals surface area contributed by atoms with E-state index >= 15 is 0 Å². The minimum absolute atomic E-state index is 0.0694. The summed E-state index contributed by atoms with van der Waals surface area (Å²) < 4.78 is 0. The number of nitrogens with zero attached hydrogens (tertiary/aromatic N) is 1. The van der Waals surface area contributed by atoms with Crippen molar-refractivity contribution in [2.24, 2.45) is 17.8 Å². The summed E-state index contributed by atoms with van der Waals surface area (Å²) in [5.41, 5.74) is 4.72. The number of hydrogen-bond acceptors (Lipinski definition) is 7. The number of aliphatic hydroxyl groups excluding tert-OH is 3. The van der Waals surface area contributed by atoms with Crippen LogP contribution in [0.4, 0.5) is 17.1 Å². The number of fused-ring (bicyclic) bond motifs is 1. The van der Waals surface area contributed by atoms with Gasteiger partial charge in [-0.3, -0.25) is 14.5 Å². The van der Waals surface area contributed by atoms with Gasteiger partial charge in [-0.15, -0.1) is 0 Å². The number of aromatic hydroxyl groups is 1. The second kappa shape index (κ2) is 13.1. The summed E-state index contributed by atoms with van der Waals surface area (Å²) in [4.78, 5) is 28.5. The van der Waals surface area contributed by atoms with E-state index in [1.165, 1.54) is 11.0 Å². The molecule has 1 aliphatic carbocycles. The fourth-order valence-electron chi connectivity index (χ4n) is 6.23. The second-order valence-corrected chi connectivity index (χ2v) is 11.6. The third-order valence-corrected chi connectivity index (χ3v) is 8.64. The Morgan fingerprint density at radius 3 is 2.37 bits per heavy atom. The third kappa shape index (κ3) is 6.38. The van der Waals surface area contributed by atoms with E-state index in [9.17, 15) is 30.0 Å². The van der Waals surface area contributed by atoms with Crippen molar-refractivity contribution in [3.63, 3.8) is 0 Å². The molecule has 5 rings (SSSR count). The van der Waals surface area contributed by atoms with Crippen LogP contribution < -0.4 is 10.2 Å². The number of halogens is 1. The molecule has 2 aliphatic rings. The van der Waals surface area contributed by atoms with Crippen LogP contribution in [0, 0.1) is 17.8 Å². The summed E-state index contributed by atoms with van der Waals surface area (Å²) in [6.45, 7) is 1.07. The number of anilines is 3. The first kappa shape index (κ1) is 30.5. The highest BCUT2D eigenvalue weighted by atomic mass is 35.5. The van der Waals surface area contributed by atoms with Crippen molar-refractivity contribution in [2.45, 2.75) is 32.3 Å². The zero-order chi connectivity index (χ0) is 30.7. The fraction of sp³-hybridized carbons (Fsp3) is 0.294. The number of phenolic OH excluding ortho intramolecular Hbond substituents is 1. The Bertz CT molecular complexity index is 1550. The molecule has 5 N–H and O–H groups in total. The maximum absolute atomic E-state index is 13.8. The molecule has 0 radical (unpaired) electrons. The average Bonchev–Trinajstić information content (AvgIpc) is 3.26. The third-order valence-electron chi connectivity index (χ3n) is 8.32. The molecule has 4 atom stereocenters. The number of imide groups is 1. The Kier molecular flexibility index (Phi) is 9.32. The number of hydrogen-bond donors (Lipinski definition) is 5. The zero-order valence-corrected chi connectivity index (χ0v) is 24.5. The highest BCUT2D eigenvalue weighted by Crippen LogP contribution is 2.47. The molecule has 0 saturated carbocycles. The van der Waals surface area contributed by atoms with Gasteiger partial charge in [-0.25, -0.2) is 0 Å². The van der Waals surface area contributed by atoms with E-state index in [-0.39, 0.29) is 31.1 Å². The maximum atomic E-state index is 13.8. The van der Waals surface area contributed by atoms with Crippen molar-refractivity contribution in [2.75, 3.05) is 23.4 Å². The molecule has 0 spiro atoms. The molecule has 0 bridgehead atoms. The number of rotatable bonds is 10. The number of benzene rings is 3. The summed E-state index contributed by atoms with van der Waals surface area (Å²) in [6.07, 6.45) is 1.74. The SMILES string of the molecule is C/C(=C\c1ccc(O)cc1Cl)CC[C@@H](O)C1=C(CO)C[C@H]2C(=O)N(c3ccc(Nc4ccccc4)cc3)C(=O)[C@H]2[C@H]1CO. The molecular formula is C34H35ClN2O6. The standard InChI is InChI=1S/C34H35ClN2O6/c1-20(15-21-8-13-26(40)17-29(21)35)7-14-30(41)31-22(18-38)16-27-32(28(31)19-39)34(43)37(33(27)42)25-11-9-24(10-12-25)36-23-5-3-2-4-6-23/h2-6,8-13,15,17,27-28,30,32,36,38-41H,7,14,16,18-19H2,1H3/b20-15+/t27-,28+,30-,32-/m1/s1. The van der Waals surface area contributed by atoms with Gasteiger partial charge >= 0.3 is 0 Å². The summed E-state index contributed by atoms with van der Waals surface area (Å²) >= 11 is 6.22. The Balaban J connectivity index is 1.33. The number of para-hydroxylation sites is 1. The topological polar surface area (TPSA) is 130 Å². The average molecular weight is 603 g/mol. The van der Waals surface area contributed by atoms with E-state index in [0.717, 1.165) is 22.5 Å². The summed E-state index contributed by atoms with van der Waals surface area (Å²) in [5, 5.41) is 45.3. The van der Waals surface area contributed by atoms with Gasteiger partial charge in [0.15, 0.2) is 0 Å². The van der Waals surface area contributed by atoms with Crippen LogP contribution in [0.15, 0.2) is 89.5 Å². The van der Waals surface area contributed by atoms with Gasteiger partial charge in [0.05, 0.1) is 41.9 Å². The molecule has 0 aromatic heterocycles. The molecular weight excluding hydrogens is 568 g/mol. The lowest BCUT2D eigenvalue weighted by molar-refractivity contribution is -0.123. The second-order valence-electron chi connectivity index (χ2n) is 11.1. The van der Waals surface area contributed by atoms with Crippen molar-refractivity contribution in [3.8, 4) is 5.75 Å². The molecule has 224 valence electrons. The van der Waals surface area contributed by atoms with E-state index in [1.807, 2.05) is 43.3 Å². The highest BCUT2D eigenvalue weighted by Gasteiger charge is 2.55. The lowest BCUT2D eigenvalue weighted by Crippen LogP contribution is -2.39. The van der Waals surface area contributed by atoms with Crippen LogP contribution in [-0.2, 0) is 9.59 Å². The Hall–Kier alpha value is -3.95. The van der Waals surface area contributed by atoms with Crippen molar-refractivity contribution in [3.05, 3.63) is 100 Å². The molecule has 1 aliphatic heterocycles. The molecule has 3 aromatic rings. The molecule has 2 amide bonds. The van der Waals surface area contributed by atoms with Gasteiger partial charge in [-0.2, -0.15) is 0 Å². The van der Waals surface area contributed by atoms with Gasteiger partial charge < -0.3 is 25.7 Å². The molecule has 1 saturated heterocycles. The Morgan fingerprint density at radius 2 is 1.72 bits per heavy atom. The molecule has 1 fully saturated rings. The van der Waals surface area contributed by atoms with E-state index in [0.29, 0.717) is 28.3 Å². The van der Waals surface area contributed by atoms with Crippen LogP contribution in [0.25, 0.3) is 6.08 Å². The molecule has 43 heavy (non-hydrogen) atoms. The maximum Gasteiger partial charge on any atom is 0.238 e. The molecule has 0 unspecified atom stereocenters. The zero-order valence-electron chi connectivity index (χ0n) is 23.8. The minimum atomic E-state index is -1.03. The van der Waals surface area contributed by atoms with Crippen LogP contribution in [0.3, 0.4) is 0 Å². The van der Waals surface area contributed by atoms with Crippen LogP contribution in [-0.4, -0.2) is 51.6 Å².